The van der Waals surface area contributed by atoms with Crippen LogP contribution in [0.5, 0.6) is 0 Å². The maximum atomic E-state index is 12.8. The number of fused-ring (bicyclic) bond motifs is 1. The zero-order valence-electron chi connectivity index (χ0n) is 16.4. The highest BCUT2D eigenvalue weighted by molar-refractivity contribution is 5.77. The summed E-state index contributed by atoms with van der Waals surface area (Å²) >= 11 is 0. The summed E-state index contributed by atoms with van der Waals surface area (Å²) < 4.78 is 7.35. The molecule has 3 heterocycles. The normalized spacial score (nSPS) is 20.6. The molecule has 1 atom stereocenters. The first kappa shape index (κ1) is 18.9. The Bertz CT molecular complexity index is 896. The first-order chi connectivity index (χ1) is 13.6. The Morgan fingerprint density at radius 3 is 2.79 bits per heavy atom. The van der Waals surface area contributed by atoms with E-state index in [1.54, 1.807) is 4.57 Å². The van der Waals surface area contributed by atoms with E-state index >= 15 is 0 Å². The summed E-state index contributed by atoms with van der Waals surface area (Å²) in [6.45, 7) is 5.38. The van der Waals surface area contributed by atoms with E-state index in [9.17, 15) is 9.59 Å². The monoisotopic (exact) mass is 384 g/mol. The number of benzene rings is 1. The predicted octanol–water partition coefficient (Wildman–Crippen LogP) is 2.31. The van der Waals surface area contributed by atoms with Crippen LogP contribution in [0.15, 0.2) is 29.1 Å². The highest BCUT2D eigenvalue weighted by atomic mass is 16.5. The number of likely N-dealkylation sites (tertiary alicyclic amines) is 1. The molecular weight excluding hydrogens is 356 g/mol. The van der Waals surface area contributed by atoms with E-state index in [1.807, 2.05) is 36.1 Å². The third-order valence-corrected chi connectivity index (χ3v) is 5.90. The van der Waals surface area contributed by atoms with Crippen LogP contribution < -0.4 is 10.9 Å². The third-order valence-electron chi connectivity index (χ3n) is 5.90. The van der Waals surface area contributed by atoms with Crippen LogP contribution in [0.1, 0.15) is 31.5 Å². The van der Waals surface area contributed by atoms with Crippen molar-refractivity contribution in [2.75, 3.05) is 26.2 Å². The second-order valence-electron chi connectivity index (χ2n) is 7.84. The van der Waals surface area contributed by atoms with Crippen molar-refractivity contribution in [3.63, 3.8) is 0 Å². The summed E-state index contributed by atoms with van der Waals surface area (Å²) in [6, 6.07) is 7.48. The Kier molecular flexibility index (Phi) is 5.62. The summed E-state index contributed by atoms with van der Waals surface area (Å²) in [4.78, 5) is 31.7. The van der Waals surface area contributed by atoms with Gasteiger partial charge in [0.05, 0.1) is 17.0 Å². The molecule has 0 spiro atoms. The first-order valence-corrected chi connectivity index (χ1v) is 10.2. The van der Waals surface area contributed by atoms with Gasteiger partial charge in [-0.15, -0.1) is 0 Å². The molecule has 28 heavy (non-hydrogen) atoms. The average molecular weight is 384 g/mol. The van der Waals surface area contributed by atoms with E-state index in [0.717, 1.165) is 56.7 Å². The van der Waals surface area contributed by atoms with Gasteiger partial charge in [0, 0.05) is 32.8 Å². The van der Waals surface area contributed by atoms with Gasteiger partial charge in [0.15, 0.2) is 0 Å². The summed E-state index contributed by atoms with van der Waals surface area (Å²) in [5, 5.41) is 3.66. The number of nitrogens with zero attached hydrogens (tertiary/aromatic N) is 3. The van der Waals surface area contributed by atoms with Crippen molar-refractivity contribution >= 4 is 16.9 Å². The van der Waals surface area contributed by atoms with Crippen LogP contribution >= 0.6 is 0 Å². The van der Waals surface area contributed by atoms with Crippen molar-refractivity contribution < 1.29 is 9.53 Å². The molecule has 0 radical (unpaired) electrons. The Morgan fingerprint density at radius 2 is 2.04 bits per heavy atom. The summed E-state index contributed by atoms with van der Waals surface area (Å²) in [6.07, 6.45) is 4.06. The summed E-state index contributed by atoms with van der Waals surface area (Å²) in [5.74, 6) is 1.13. The van der Waals surface area contributed by atoms with Crippen molar-refractivity contribution in [3.8, 4) is 0 Å². The zero-order valence-corrected chi connectivity index (χ0v) is 16.4. The van der Waals surface area contributed by atoms with E-state index in [2.05, 4.69) is 10.3 Å². The molecule has 150 valence electrons. The van der Waals surface area contributed by atoms with Crippen LogP contribution in [0.4, 0.5) is 4.79 Å². The van der Waals surface area contributed by atoms with Crippen molar-refractivity contribution in [1.82, 2.24) is 19.8 Å². The smallest absolute Gasteiger partial charge is 0.317 e. The number of carbonyl (C=O) groups excluding carboxylic acids is 1. The molecule has 2 aliphatic rings. The van der Waals surface area contributed by atoms with Gasteiger partial charge in [-0.1, -0.05) is 12.1 Å². The van der Waals surface area contributed by atoms with Gasteiger partial charge in [0.1, 0.15) is 5.82 Å². The minimum Gasteiger partial charge on any atom is -0.376 e. The van der Waals surface area contributed by atoms with Crippen molar-refractivity contribution in [1.29, 1.82) is 0 Å². The number of ether oxygens (including phenoxy) is 1. The largest absolute Gasteiger partial charge is 0.376 e. The number of aryl methyl sites for hydroxylation is 1. The molecule has 1 aromatic heterocycles. The van der Waals surface area contributed by atoms with E-state index in [4.69, 9.17) is 4.74 Å². The average Bonchev–Trinajstić information content (AvgIpc) is 3.23. The topological polar surface area (TPSA) is 76.5 Å². The number of para-hydroxylation sites is 1. The number of amides is 2. The zero-order chi connectivity index (χ0) is 19.5. The molecule has 7 heteroatoms. The van der Waals surface area contributed by atoms with Crippen molar-refractivity contribution in [2.24, 2.45) is 5.92 Å². The fourth-order valence-corrected chi connectivity index (χ4v) is 4.19. The van der Waals surface area contributed by atoms with Gasteiger partial charge in [-0.05, 0) is 50.7 Å². The third kappa shape index (κ3) is 4.04. The number of urea groups is 1. The quantitative estimate of drug-likeness (QED) is 0.878. The number of piperidine rings is 1. The summed E-state index contributed by atoms with van der Waals surface area (Å²) in [7, 11) is 0. The van der Waals surface area contributed by atoms with Gasteiger partial charge in [0.25, 0.3) is 5.56 Å². The summed E-state index contributed by atoms with van der Waals surface area (Å²) in [5.41, 5.74) is 0.777. The minimum atomic E-state index is -0.00494. The lowest BCUT2D eigenvalue weighted by Crippen LogP contribution is -2.47. The van der Waals surface area contributed by atoms with E-state index in [1.165, 1.54) is 0 Å². The number of nitrogens with one attached hydrogen (secondary N) is 1. The lowest BCUT2D eigenvalue weighted by molar-refractivity contribution is 0.107. The van der Waals surface area contributed by atoms with Crippen LogP contribution in [0, 0.1) is 12.8 Å². The van der Waals surface area contributed by atoms with Gasteiger partial charge in [-0.25, -0.2) is 9.78 Å². The minimum absolute atomic E-state index is 0.00494. The fourth-order valence-electron chi connectivity index (χ4n) is 4.19. The first-order valence-electron chi connectivity index (χ1n) is 10.2. The number of carbonyl (C=O) groups is 1. The Hall–Kier alpha value is -2.41. The SMILES string of the molecule is Cc1nc2ccccc2c(=O)n1CC1CCN(C(=O)NCC2CCCO2)CC1. The van der Waals surface area contributed by atoms with Crippen LogP contribution in [0.25, 0.3) is 10.9 Å². The second kappa shape index (κ2) is 8.31. The number of aromatic nitrogens is 2. The molecule has 2 amide bonds. The number of rotatable bonds is 4. The predicted molar refractivity (Wildman–Crippen MR) is 107 cm³/mol. The Balaban J connectivity index is 1.34. The Morgan fingerprint density at radius 1 is 1.25 bits per heavy atom. The van der Waals surface area contributed by atoms with Crippen molar-refractivity contribution in [3.05, 3.63) is 40.4 Å². The van der Waals surface area contributed by atoms with Gasteiger partial charge < -0.3 is 15.0 Å². The van der Waals surface area contributed by atoms with E-state index in [-0.39, 0.29) is 17.7 Å². The van der Waals surface area contributed by atoms with Crippen LogP contribution in [-0.2, 0) is 11.3 Å². The van der Waals surface area contributed by atoms with E-state index in [0.29, 0.717) is 24.4 Å². The van der Waals surface area contributed by atoms with Crippen molar-refractivity contribution in [2.45, 2.75) is 45.3 Å². The number of hydrogen-bond acceptors (Lipinski definition) is 4. The molecule has 0 saturated carbocycles. The van der Waals surface area contributed by atoms with Gasteiger partial charge in [-0.3, -0.25) is 9.36 Å². The maximum absolute atomic E-state index is 12.8. The molecule has 1 unspecified atom stereocenters. The second-order valence-corrected chi connectivity index (χ2v) is 7.84. The molecule has 1 N–H and O–H groups in total. The van der Waals surface area contributed by atoms with E-state index < -0.39 is 0 Å². The van der Waals surface area contributed by atoms with Crippen LogP contribution in [-0.4, -0.2) is 52.8 Å². The molecule has 4 rings (SSSR count). The molecule has 1 aromatic carbocycles. The van der Waals surface area contributed by atoms with Gasteiger partial charge in [0.2, 0.25) is 0 Å². The van der Waals surface area contributed by atoms with Crippen LogP contribution in [0.2, 0.25) is 0 Å². The molecular formula is C21H28N4O3. The highest BCUT2D eigenvalue weighted by Crippen LogP contribution is 2.20. The fraction of sp³-hybridized carbons (Fsp3) is 0.571. The standard InChI is InChI=1S/C21H28N4O3/c1-15-23-19-7-3-2-6-18(19)20(26)25(15)14-16-8-10-24(11-9-16)21(27)22-13-17-5-4-12-28-17/h2-3,6-7,16-17H,4-5,8-14H2,1H3,(H,22,27). The highest BCUT2D eigenvalue weighted by Gasteiger charge is 2.25. The number of hydrogen-bond donors (Lipinski definition) is 1. The van der Waals surface area contributed by atoms with Crippen LogP contribution in [0.3, 0.4) is 0 Å². The molecule has 2 fully saturated rings. The van der Waals surface area contributed by atoms with Gasteiger partial charge >= 0.3 is 6.03 Å². The molecule has 2 aliphatic heterocycles. The molecule has 2 aromatic rings. The lowest BCUT2D eigenvalue weighted by Gasteiger charge is -2.32. The van der Waals surface area contributed by atoms with Gasteiger partial charge in [-0.2, -0.15) is 0 Å². The molecule has 0 aliphatic carbocycles. The molecule has 7 nitrogen and oxygen atoms in total. The molecule has 2 saturated heterocycles. The lowest BCUT2D eigenvalue weighted by atomic mass is 9.96. The molecule has 0 bridgehead atoms. The maximum Gasteiger partial charge on any atom is 0.317 e. The Labute approximate surface area is 164 Å².